The van der Waals surface area contributed by atoms with E-state index >= 15 is 0 Å². The fourth-order valence-corrected chi connectivity index (χ4v) is 2.81. The van der Waals surface area contributed by atoms with Gasteiger partial charge in [-0.3, -0.25) is 9.59 Å². The van der Waals surface area contributed by atoms with Crippen molar-refractivity contribution < 1.29 is 18.7 Å². The molecule has 0 aliphatic carbocycles. The molecule has 0 saturated heterocycles. The van der Waals surface area contributed by atoms with Crippen LogP contribution < -0.4 is 21.1 Å². The Hall–Kier alpha value is -2.23. The molecule has 2 aromatic rings. The van der Waals surface area contributed by atoms with Gasteiger partial charge in [-0.2, -0.15) is 0 Å². The van der Waals surface area contributed by atoms with Crippen molar-refractivity contribution in [2.75, 3.05) is 19.0 Å². The molecule has 1 aromatic heterocycles. The molecule has 0 fully saturated rings. The van der Waals surface area contributed by atoms with Gasteiger partial charge in [0.1, 0.15) is 11.6 Å². The molecule has 27 heavy (non-hydrogen) atoms. The number of hydrogen-bond donors (Lipinski definition) is 3. The number of anilines is 1. The van der Waals surface area contributed by atoms with Crippen molar-refractivity contribution in [3.63, 3.8) is 0 Å². The highest BCUT2D eigenvalue weighted by atomic mass is 35.5. The lowest BCUT2D eigenvalue weighted by Crippen LogP contribution is -2.46. The molecule has 10 heteroatoms. The number of carbonyl (C=O) groups excluding carboxylic acids is 2. The summed E-state index contributed by atoms with van der Waals surface area (Å²) in [5.74, 6) is -0.783. The first-order valence-corrected chi connectivity index (χ1v) is 8.82. The lowest BCUT2D eigenvalue weighted by molar-refractivity contribution is -0.125. The van der Waals surface area contributed by atoms with Gasteiger partial charge in [-0.05, 0) is 24.1 Å². The summed E-state index contributed by atoms with van der Waals surface area (Å²) in [5.41, 5.74) is 6.68. The minimum atomic E-state index is -0.672. The van der Waals surface area contributed by atoms with E-state index in [4.69, 9.17) is 10.5 Å². The topological polar surface area (TPSA) is 106 Å². The highest BCUT2D eigenvalue weighted by molar-refractivity contribution is 7.14. The summed E-state index contributed by atoms with van der Waals surface area (Å²) in [6.07, 6.45) is 0. The number of nitrogens with two attached hydrogens (primary N) is 1. The fraction of sp³-hybridized carbons (Fsp3) is 0.353. The molecule has 0 radical (unpaired) electrons. The van der Waals surface area contributed by atoms with E-state index in [9.17, 15) is 14.0 Å². The maximum atomic E-state index is 13.5. The van der Waals surface area contributed by atoms with Gasteiger partial charge in [0, 0.05) is 10.9 Å². The Morgan fingerprint density at radius 3 is 2.70 bits per heavy atom. The normalized spacial score (nSPS) is 11.5. The number of methoxy groups -OCH3 is 1. The number of aromatic nitrogens is 1. The first-order chi connectivity index (χ1) is 12.3. The van der Waals surface area contributed by atoms with E-state index in [-0.39, 0.29) is 30.8 Å². The van der Waals surface area contributed by atoms with Gasteiger partial charge in [-0.15, -0.1) is 23.7 Å². The quantitative estimate of drug-likeness (QED) is 0.642. The van der Waals surface area contributed by atoms with Crippen molar-refractivity contribution in [3.05, 3.63) is 29.4 Å². The standard InChI is InChI=1S/C17H21FN4O3S.ClH/c1-9(2)15(19)16(24)20-7-14(23)22-17-21-12(8-26-17)11-6-10(18)4-5-13(11)25-3;/h4-6,8-9,15H,7,19H2,1-3H3,(H,20,24)(H,21,22,23);1H/t15-;/m0./s1. The number of hydrogen-bond acceptors (Lipinski definition) is 6. The lowest BCUT2D eigenvalue weighted by Gasteiger charge is -2.14. The van der Waals surface area contributed by atoms with Crippen LogP contribution in [0.25, 0.3) is 11.3 Å². The Labute approximate surface area is 166 Å². The third-order valence-corrected chi connectivity index (χ3v) is 4.39. The van der Waals surface area contributed by atoms with E-state index in [0.29, 0.717) is 22.1 Å². The third-order valence-electron chi connectivity index (χ3n) is 3.63. The number of benzene rings is 1. The first-order valence-electron chi connectivity index (χ1n) is 7.94. The van der Waals surface area contributed by atoms with Crippen LogP contribution in [0.15, 0.2) is 23.6 Å². The maximum absolute atomic E-state index is 13.5. The number of nitrogens with one attached hydrogen (secondary N) is 2. The number of amides is 2. The van der Waals surface area contributed by atoms with Crippen molar-refractivity contribution in [2.24, 2.45) is 11.7 Å². The number of thiazole rings is 1. The summed E-state index contributed by atoms with van der Waals surface area (Å²) in [6.45, 7) is 3.43. The molecule has 0 spiro atoms. The molecule has 0 aliphatic rings. The van der Waals surface area contributed by atoms with E-state index in [1.807, 2.05) is 13.8 Å². The Morgan fingerprint density at radius 2 is 2.07 bits per heavy atom. The minimum absolute atomic E-state index is 0. The number of carbonyl (C=O) groups is 2. The molecule has 4 N–H and O–H groups in total. The highest BCUT2D eigenvalue weighted by Gasteiger charge is 2.18. The van der Waals surface area contributed by atoms with Crippen molar-refractivity contribution in [1.29, 1.82) is 0 Å². The van der Waals surface area contributed by atoms with E-state index in [1.54, 1.807) is 5.38 Å². The van der Waals surface area contributed by atoms with Crippen LogP contribution in [0.1, 0.15) is 13.8 Å². The molecule has 0 saturated carbocycles. The van der Waals surface area contributed by atoms with Crippen LogP contribution in [-0.2, 0) is 9.59 Å². The lowest BCUT2D eigenvalue weighted by atomic mass is 10.1. The second kappa shape index (κ2) is 10.2. The summed E-state index contributed by atoms with van der Waals surface area (Å²) in [6, 6.07) is 3.44. The molecular formula is C17H22ClFN4O3S. The molecule has 0 unspecified atom stereocenters. The molecule has 2 amide bonds. The molecule has 0 aliphatic heterocycles. The average molecular weight is 417 g/mol. The Bertz CT molecular complexity index is 800. The minimum Gasteiger partial charge on any atom is -0.496 e. The summed E-state index contributed by atoms with van der Waals surface area (Å²) < 4.78 is 18.7. The zero-order valence-electron chi connectivity index (χ0n) is 15.1. The van der Waals surface area contributed by atoms with Gasteiger partial charge in [0.2, 0.25) is 11.8 Å². The van der Waals surface area contributed by atoms with E-state index in [0.717, 1.165) is 0 Å². The SMILES string of the molecule is COc1ccc(F)cc1-c1csc(NC(=O)CNC(=O)[C@@H](N)C(C)C)n1.Cl. The molecule has 0 bridgehead atoms. The van der Waals surface area contributed by atoms with Crippen LogP contribution in [0.3, 0.4) is 0 Å². The van der Waals surface area contributed by atoms with Crippen molar-refractivity contribution in [2.45, 2.75) is 19.9 Å². The summed E-state index contributed by atoms with van der Waals surface area (Å²) in [5, 5.41) is 7.08. The van der Waals surface area contributed by atoms with Crippen LogP contribution in [0.5, 0.6) is 5.75 Å². The van der Waals surface area contributed by atoms with Gasteiger partial charge < -0.3 is 21.1 Å². The molecule has 1 atom stereocenters. The van der Waals surface area contributed by atoms with Crippen LogP contribution in [-0.4, -0.2) is 36.5 Å². The maximum Gasteiger partial charge on any atom is 0.245 e. The Kier molecular flexibility index (Phi) is 8.61. The average Bonchev–Trinajstić information content (AvgIpc) is 3.07. The molecule has 148 valence electrons. The van der Waals surface area contributed by atoms with Gasteiger partial charge in [0.15, 0.2) is 5.13 Å². The zero-order valence-corrected chi connectivity index (χ0v) is 16.7. The molecular weight excluding hydrogens is 395 g/mol. The van der Waals surface area contributed by atoms with Gasteiger partial charge in [-0.1, -0.05) is 13.8 Å². The van der Waals surface area contributed by atoms with Crippen molar-refractivity contribution in [1.82, 2.24) is 10.3 Å². The van der Waals surface area contributed by atoms with Gasteiger partial charge in [0.25, 0.3) is 0 Å². The number of nitrogens with zero attached hydrogens (tertiary/aromatic N) is 1. The zero-order chi connectivity index (χ0) is 19.3. The van der Waals surface area contributed by atoms with E-state index in [1.165, 1.54) is 36.6 Å². The summed E-state index contributed by atoms with van der Waals surface area (Å²) in [4.78, 5) is 28.0. The van der Waals surface area contributed by atoms with E-state index < -0.39 is 17.8 Å². The smallest absolute Gasteiger partial charge is 0.245 e. The first kappa shape index (κ1) is 22.8. The second-order valence-corrected chi connectivity index (χ2v) is 6.78. The fourth-order valence-electron chi connectivity index (χ4n) is 2.09. The molecule has 1 heterocycles. The third kappa shape index (κ3) is 6.16. The second-order valence-electron chi connectivity index (χ2n) is 5.92. The van der Waals surface area contributed by atoms with Crippen LogP contribution in [0, 0.1) is 11.7 Å². The monoisotopic (exact) mass is 416 g/mol. The summed E-state index contributed by atoms with van der Waals surface area (Å²) >= 11 is 1.18. The number of halogens is 2. The van der Waals surface area contributed by atoms with Crippen LogP contribution >= 0.6 is 23.7 Å². The van der Waals surface area contributed by atoms with Crippen LogP contribution in [0.4, 0.5) is 9.52 Å². The number of rotatable bonds is 7. The largest absolute Gasteiger partial charge is 0.496 e. The summed E-state index contributed by atoms with van der Waals surface area (Å²) in [7, 11) is 1.48. The van der Waals surface area contributed by atoms with Gasteiger partial charge in [-0.25, -0.2) is 9.37 Å². The predicted octanol–water partition coefficient (Wildman–Crippen LogP) is 2.42. The predicted molar refractivity (Wildman–Crippen MR) is 106 cm³/mol. The molecule has 7 nitrogen and oxygen atoms in total. The van der Waals surface area contributed by atoms with Crippen molar-refractivity contribution in [3.8, 4) is 17.0 Å². The Balaban J connectivity index is 0.00000364. The van der Waals surface area contributed by atoms with Crippen LogP contribution in [0.2, 0.25) is 0 Å². The van der Waals surface area contributed by atoms with Gasteiger partial charge >= 0.3 is 0 Å². The van der Waals surface area contributed by atoms with Crippen molar-refractivity contribution >= 4 is 40.7 Å². The molecule has 1 aromatic carbocycles. The van der Waals surface area contributed by atoms with E-state index in [2.05, 4.69) is 15.6 Å². The van der Waals surface area contributed by atoms with Gasteiger partial charge in [0.05, 0.1) is 25.4 Å². The molecule has 2 rings (SSSR count). The Morgan fingerprint density at radius 1 is 1.37 bits per heavy atom. The highest BCUT2D eigenvalue weighted by Crippen LogP contribution is 2.32. The number of ether oxygens (including phenoxy) is 1.